The third kappa shape index (κ3) is 3.60. The first-order valence-corrected chi connectivity index (χ1v) is 7.94. The summed E-state index contributed by atoms with van der Waals surface area (Å²) in [6, 6.07) is 4.99. The number of benzene rings is 1. The highest BCUT2D eigenvalue weighted by Crippen LogP contribution is 2.21. The quantitative estimate of drug-likeness (QED) is 0.819. The molecule has 21 heavy (non-hydrogen) atoms. The van der Waals surface area contributed by atoms with Crippen LogP contribution in [0.5, 0.6) is 0 Å². The van der Waals surface area contributed by atoms with Crippen molar-refractivity contribution >= 4 is 33.5 Å². The lowest BCUT2D eigenvalue weighted by Crippen LogP contribution is -2.37. The minimum Gasteiger partial charge on any atom is -0.430 e. The van der Waals surface area contributed by atoms with Crippen molar-refractivity contribution in [1.29, 1.82) is 0 Å². The number of carbonyl (C=O) groups excluding carboxylic acids is 1. The molecule has 0 fully saturated rings. The number of nitrogens with two attached hydrogens (primary N) is 1. The molecule has 0 aliphatic rings. The van der Waals surface area contributed by atoms with Crippen LogP contribution in [0.3, 0.4) is 0 Å². The largest absolute Gasteiger partial charge is 0.430 e. The second kappa shape index (κ2) is 6.26. The molecule has 2 unspecified atom stereocenters. The van der Waals surface area contributed by atoms with E-state index < -0.39 is 16.0 Å². The molecule has 0 radical (unpaired) electrons. The van der Waals surface area contributed by atoms with Gasteiger partial charge in [-0.15, -0.1) is 0 Å². The first kappa shape index (κ1) is 15.5. The number of hydrogen-bond donors (Lipinski definition) is 2. The van der Waals surface area contributed by atoms with Gasteiger partial charge in [0.15, 0.2) is 5.58 Å². The molecule has 1 amide bonds. The SMILES string of the molecule is CC(C)CNC(=O)C(C)S(=O)c1nc2cc(N)ccc2o1. The maximum atomic E-state index is 12.3. The normalized spacial score (nSPS) is 14.3. The molecule has 2 aromatic rings. The van der Waals surface area contributed by atoms with Crippen molar-refractivity contribution in [2.75, 3.05) is 12.3 Å². The van der Waals surface area contributed by atoms with Crippen LogP contribution in [0, 0.1) is 5.92 Å². The predicted octanol–water partition coefficient (Wildman–Crippen LogP) is 1.68. The molecule has 114 valence electrons. The minimum atomic E-state index is -1.64. The number of amides is 1. The third-order valence-electron chi connectivity index (χ3n) is 2.94. The summed E-state index contributed by atoms with van der Waals surface area (Å²) in [5.41, 5.74) is 7.25. The lowest BCUT2D eigenvalue weighted by atomic mass is 10.2. The second-order valence-electron chi connectivity index (χ2n) is 5.29. The van der Waals surface area contributed by atoms with Gasteiger partial charge in [0.1, 0.15) is 21.6 Å². The minimum absolute atomic E-state index is 0.0443. The maximum Gasteiger partial charge on any atom is 0.288 e. The first-order chi connectivity index (χ1) is 9.88. The van der Waals surface area contributed by atoms with Gasteiger partial charge < -0.3 is 15.5 Å². The Balaban J connectivity index is 2.15. The summed E-state index contributed by atoms with van der Waals surface area (Å²) in [4.78, 5) is 16.1. The van der Waals surface area contributed by atoms with Gasteiger partial charge in [-0.3, -0.25) is 4.79 Å². The van der Waals surface area contributed by atoms with E-state index in [9.17, 15) is 9.00 Å². The zero-order chi connectivity index (χ0) is 15.6. The molecule has 0 bridgehead atoms. The average molecular weight is 309 g/mol. The van der Waals surface area contributed by atoms with Gasteiger partial charge in [0, 0.05) is 12.2 Å². The highest BCUT2D eigenvalue weighted by atomic mass is 32.2. The van der Waals surface area contributed by atoms with E-state index in [2.05, 4.69) is 10.3 Å². The second-order valence-corrected chi connectivity index (χ2v) is 6.94. The fraction of sp³-hybridized carbons (Fsp3) is 0.429. The fourth-order valence-electron chi connectivity index (χ4n) is 1.71. The molecule has 0 saturated heterocycles. The zero-order valence-electron chi connectivity index (χ0n) is 12.3. The number of rotatable bonds is 5. The summed E-state index contributed by atoms with van der Waals surface area (Å²) in [5, 5.41) is 2.07. The van der Waals surface area contributed by atoms with Gasteiger partial charge in [-0.25, -0.2) is 9.19 Å². The van der Waals surface area contributed by atoms with Crippen LogP contribution < -0.4 is 11.1 Å². The number of anilines is 1. The fourth-order valence-corrected chi connectivity index (χ4v) is 2.65. The summed E-state index contributed by atoms with van der Waals surface area (Å²) in [6.07, 6.45) is 0. The van der Waals surface area contributed by atoms with Gasteiger partial charge in [-0.1, -0.05) is 13.8 Å². The van der Waals surface area contributed by atoms with E-state index in [0.717, 1.165) is 0 Å². The van der Waals surface area contributed by atoms with E-state index in [0.29, 0.717) is 29.2 Å². The van der Waals surface area contributed by atoms with Crippen molar-refractivity contribution < 1.29 is 13.4 Å². The molecular formula is C14H19N3O3S. The first-order valence-electron chi connectivity index (χ1n) is 6.73. The van der Waals surface area contributed by atoms with Gasteiger partial charge in [-0.2, -0.15) is 0 Å². The van der Waals surface area contributed by atoms with E-state index in [-0.39, 0.29) is 11.1 Å². The number of nitrogens with one attached hydrogen (secondary N) is 1. The molecule has 1 aromatic carbocycles. The molecule has 0 spiro atoms. The molecule has 0 saturated carbocycles. The van der Waals surface area contributed by atoms with E-state index in [4.69, 9.17) is 10.2 Å². The maximum absolute atomic E-state index is 12.3. The summed E-state index contributed by atoms with van der Waals surface area (Å²) in [6.45, 7) is 6.12. The number of aromatic nitrogens is 1. The van der Waals surface area contributed by atoms with Crippen molar-refractivity contribution in [2.24, 2.45) is 5.92 Å². The predicted molar refractivity (Wildman–Crippen MR) is 82.1 cm³/mol. The highest BCUT2D eigenvalue weighted by molar-refractivity contribution is 7.86. The van der Waals surface area contributed by atoms with Crippen LogP contribution in [0.4, 0.5) is 5.69 Å². The molecule has 6 nitrogen and oxygen atoms in total. The Kier molecular flexibility index (Phi) is 4.62. The Labute approximate surface area is 125 Å². The van der Waals surface area contributed by atoms with Gasteiger partial charge in [0.25, 0.3) is 5.22 Å². The lowest BCUT2D eigenvalue weighted by molar-refractivity contribution is -0.120. The Bertz CT molecular complexity index is 681. The molecule has 0 aliphatic carbocycles. The Hall–Kier alpha value is -1.89. The number of nitrogens with zero attached hydrogens (tertiary/aromatic N) is 1. The van der Waals surface area contributed by atoms with Crippen LogP contribution in [0.25, 0.3) is 11.1 Å². The highest BCUT2D eigenvalue weighted by Gasteiger charge is 2.25. The standard InChI is InChI=1S/C14H19N3O3S/c1-8(2)7-16-13(18)9(3)21(19)14-17-11-6-10(15)4-5-12(11)20-14/h4-6,8-9H,7,15H2,1-3H3,(H,16,18). The van der Waals surface area contributed by atoms with Crippen molar-refractivity contribution in [2.45, 2.75) is 31.2 Å². The third-order valence-corrected chi connectivity index (χ3v) is 4.31. The molecule has 3 N–H and O–H groups in total. The number of fused-ring (bicyclic) bond motifs is 1. The van der Waals surface area contributed by atoms with Crippen LogP contribution in [-0.2, 0) is 15.6 Å². The van der Waals surface area contributed by atoms with Gasteiger partial charge in [0.05, 0.1) is 0 Å². The monoisotopic (exact) mass is 309 g/mol. The van der Waals surface area contributed by atoms with Gasteiger partial charge in [0.2, 0.25) is 5.91 Å². The summed E-state index contributed by atoms with van der Waals surface area (Å²) >= 11 is 0. The molecule has 7 heteroatoms. The van der Waals surface area contributed by atoms with Crippen LogP contribution >= 0.6 is 0 Å². The van der Waals surface area contributed by atoms with Gasteiger partial charge >= 0.3 is 0 Å². The topological polar surface area (TPSA) is 98.2 Å². The Morgan fingerprint density at radius 1 is 1.43 bits per heavy atom. The van der Waals surface area contributed by atoms with Crippen LogP contribution in [0.15, 0.2) is 27.8 Å². The molecule has 1 heterocycles. The van der Waals surface area contributed by atoms with Crippen LogP contribution in [0.2, 0.25) is 0 Å². The van der Waals surface area contributed by atoms with Crippen molar-refractivity contribution in [3.63, 3.8) is 0 Å². The lowest BCUT2D eigenvalue weighted by Gasteiger charge is -2.11. The molecule has 0 aliphatic heterocycles. The van der Waals surface area contributed by atoms with Gasteiger partial charge in [-0.05, 0) is 31.0 Å². The zero-order valence-corrected chi connectivity index (χ0v) is 13.1. The summed E-state index contributed by atoms with van der Waals surface area (Å²) in [5.74, 6) is 0.0608. The Morgan fingerprint density at radius 3 is 2.81 bits per heavy atom. The Morgan fingerprint density at radius 2 is 2.14 bits per heavy atom. The molecule has 2 rings (SSSR count). The van der Waals surface area contributed by atoms with E-state index in [1.54, 1.807) is 25.1 Å². The van der Waals surface area contributed by atoms with Crippen molar-refractivity contribution in [3.8, 4) is 0 Å². The number of nitrogen functional groups attached to an aromatic ring is 1. The van der Waals surface area contributed by atoms with E-state index >= 15 is 0 Å². The van der Waals surface area contributed by atoms with E-state index in [1.807, 2.05) is 13.8 Å². The smallest absolute Gasteiger partial charge is 0.288 e. The van der Waals surface area contributed by atoms with Crippen molar-refractivity contribution in [3.05, 3.63) is 18.2 Å². The number of carbonyl (C=O) groups is 1. The molecular weight excluding hydrogens is 290 g/mol. The number of hydrogen-bond acceptors (Lipinski definition) is 5. The van der Waals surface area contributed by atoms with Crippen LogP contribution in [-0.4, -0.2) is 26.9 Å². The van der Waals surface area contributed by atoms with E-state index in [1.165, 1.54) is 0 Å². The average Bonchev–Trinajstić information content (AvgIpc) is 2.85. The number of oxazole rings is 1. The summed E-state index contributed by atoms with van der Waals surface area (Å²) < 4.78 is 17.8. The van der Waals surface area contributed by atoms with Crippen LogP contribution in [0.1, 0.15) is 20.8 Å². The van der Waals surface area contributed by atoms with Crippen molar-refractivity contribution in [1.82, 2.24) is 10.3 Å². The molecule has 2 atom stereocenters. The summed E-state index contributed by atoms with van der Waals surface area (Å²) in [7, 11) is -1.64. The molecule has 1 aromatic heterocycles.